The lowest BCUT2D eigenvalue weighted by Gasteiger charge is -2.60. The van der Waals surface area contributed by atoms with Gasteiger partial charge in [-0.1, -0.05) is 96.9 Å². The number of hydrogen-bond donors (Lipinski definition) is 1. The molecule has 0 radical (unpaired) electrons. The second kappa shape index (κ2) is 15.9. The van der Waals surface area contributed by atoms with Crippen molar-refractivity contribution in [1.29, 1.82) is 0 Å². The van der Waals surface area contributed by atoms with Gasteiger partial charge in [-0.05, 0) is 61.3 Å². The van der Waals surface area contributed by atoms with Crippen molar-refractivity contribution in [3.8, 4) is 0 Å². The summed E-state index contributed by atoms with van der Waals surface area (Å²) in [6.45, 7) is 43.3. The molecule has 6 nitrogen and oxygen atoms in total. The third kappa shape index (κ3) is 10.7. The summed E-state index contributed by atoms with van der Waals surface area (Å²) in [5, 5.41) is 3.58. The monoisotopic (exact) mass is 637 g/mol. The fourth-order valence-corrected chi connectivity index (χ4v) is 7.30. The molecular formula is C39H76N2O4. The van der Waals surface area contributed by atoms with Gasteiger partial charge in [0.05, 0.1) is 17.7 Å². The van der Waals surface area contributed by atoms with Gasteiger partial charge in [-0.2, -0.15) is 0 Å². The molecular weight excluding hydrogens is 560 g/mol. The standard InChI is InChI=1S/C39H76N2O4/c1-24(2)31(42)27(7)22-29(9)41(38(18,19)37(16,17)34(44)35(11,12)13)33(32(43)25(3)4)36(14,15)39(20,21)45-30(10)23-28(8)40-26(5)6/h24-30,33,40H,22-23H2,1-21H3. The third-order valence-electron chi connectivity index (χ3n) is 10.8. The van der Waals surface area contributed by atoms with Crippen LogP contribution in [-0.2, 0) is 19.1 Å². The van der Waals surface area contributed by atoms with Gasteiger partial charge in [0.1, 0.15) is 11.6 Å². The molecule has 0 bridgehead atoms. The number of ketones is 3. The smallest absolute Gasteiger partial charge is 0.153 e. The maximum absolute atomic E-state index is 14.7. The lowest BCUT2D eigenvalue weighted by Crippen LogP contribution is -2.71. The molecule has 5 unspecified atom stereocenters. The number of rotatable bonds is 19. The first-order valence-electron chi connectivity index (χ1n) is 17.7. The number of nitrogens with one attached hydrogen (secondary N) is 1. The van der Waals surface area contributed by atoms with Crippen molar-refractivity contribution >= 4 is 17.3 Å². The first kappa shape index (κ1) is 43.9. The minimum absolute atomic E-state index is 0.0446. The van der Waals surface area contributed by atoms with Crippen LogP contribution in [0.4, 0.5) is 0 Å². The van der Waals surface area contributed by atoms with Crippen molar-refractivity contribution in [2.75, 3.05) is 0 Å². The SMILES string of the molecule is CC(C)NC(C)CC(C)OC(C)(C)C(C)(C)C(C(=O)C(C)C)N(C(C)CC(C)C(=O)C(C)C)C(C)(C)C(C)(C)C(=O)C(C)(C)C. The zero-order valence-electron chi connectivity index (χ0n) is 33.6. The van der Waals surface area contributed by atoms with Crippen molar-refractivity contribution in [1.82, 2.24) is 10.2 Å². The Morgan fingerprint density at radius 2 is 1.11 bits per heavy atom. The fraction of sp³-hybridized carbons (Fsp3) is 0.923. The lowest BCUT2D eigenvalue weighted by atomic mass is 9.61. The van der Waals surface area contributed by atoms with Gasteiger partial charge >= 0.3 is 0 Å². The Labute approximate surface area is 280 Å². The molecule has 0 fully saturated rings. The number of nitrogens with zero attached hydrogens (tertiary/aromatic N) is 1. The summed E-state index contributed by atoms with van der Waals surface area (Å²) in [7, 11) is 0. The maximum Gasteiger partial charge on any atom is 0.153 e. The van der Waals surface area contributed by atoms with Gasteiger partial charge in [-0.15, -0.1) is 0 Å². The minimum atomic E-state index is -0.813. The van der Waals surface area contributed by atoms with Crippen LogP contribution in [0.25, 0.3) is 0 Å². The van der Waals surface area contributed by atoms with Crippen LogP contribution in [0.15, 0.2) is 0 Å². The van der Waals surface area contributed by atoms with E-state index in [2.05, 4.69) is 86.4 Å². The Kier molecular flexibility index (Phi) is 15.5. The molecule has 0 saturated carbocycles. The van der Waals surface area contributed by atoms with Gasteiger partial charge in [-0.25, -0.2) is 0 Å². The molecule has 0 aliphatic heterocycles. The molecule has 0 heterocycles. The molecule has 266 valence electrons. The van der Waals surface area contributed by atoms with Crippen molar-refractivity contribution in [3.63, 3.8) is 0 Å². The van der Waals surface area contributed by atoms with Crippen molar-refractivity contribution in [2.45, 2.75) is 200 Å². The second-order valence-electron chi connectivity index (χ2n) is 18.3. The third-order valence-corrected chi connectivity index (χ3v) is 10.8. The zero-order valence-corrected chi connectivity index (χ0v) is 33.6. The van der Waals surface area contributed by atoms with Crippen LogP contribution in [0.2, 0.25) is 0 Å². The predicted octanol–water partition coefficient (Wildman–Crippen LogP) is 8.93. The summed E-state index contributed by atoms with van der Waals surface area (Å²) in [6, 6.07) is -0.0812. The van der Waals surface area contributed by atoms with E-state index in [1.165, 1.54) is 0 Å². The van der Waals surface area contributed by atoms with Crippen LogP contribution in [0.5, 0.6) is 0 Å². The average Bonchev–Trinajstić information content (AvgIpc) is 2.83. The fourth-order valence-electron chi connectivity index (χ4n) is 7.30. The number of carbonyl (C=O) groups excluding carboxylic acids is 3. The highest BCUT2D eigenvalue weighted by molar-refractivity contribution is 5.91. The molecule has 0 aliphatic carbocycles. The molecule has 0 aromatic heterocycles. The molecule has 6 heteroatoms. The summed E-state index contributed by atoms with van der Waals surface area (Å²) in [5.41, 5.74) is -3.50. The summed E-state index contributed by atoms with van der Waals surface area (Å²) in [5.74, 6) is 0.000743. The van der Waals surface area contributed by atoms with Crippen molar-refractivity contribution in [2.24, 2.45) is 34.0 Å². The summed E-state index contributed by atoms with van der Waals surface area (Å²) in [4.78, 5) is 44.3. The quantitative estimate of drug-likeness (QED) is 0.153. The van der Waals surface area contributed by atoms with E-state index < -0.39 is 33.4 Å². The van der Waals surface area contributed by atoms with E-state index in [1.807, 2.05) is 69.2 Å². The molecule has 0 amide bonds. The predicted molar refractivity (Wildman–Crippen MR) is 192 cm³/mol. The Morgan fingerprint density at radius 1 is 0.667 bits per heavy atom. The van der Waals surface area contributed by atoms with Gasteiger partial charge in [-0.3, -0.25) is 19.3 Å². The molecule has 0 aliphatic rings. The summed E-state index contributed by atoms with van der Waals surface area (Å²) < 4.78 is 6.91. The highest BCUT2D eigenvalue weighted by Gasteiger charge is 2.59. The van der Waals surface area contributed by atoms with Crippen molar-refractivity contribution < 1.29 is 19.1 Å². The molecule has 1 N–H and O–H groups in total. The van der Waals surface area contributed by atoms with Crippen LogP contribution in [0.3, 0.4) is 0 Å². The Balaban J connectivity index is 7.40. The molecule has 0 saturated heterocycles. The first-order chi connectivity index (χ1) is 19.9. The maximum atomic E-state index is 14.7. The Bertz CT molecular complexity index is 983. The van der Waals surface area contributed by atoms with E-state index >= 15 is 0 Å². The van der Waals surface area contributed by atoms with Gasteiger partial charge in [0.25, 0.3) is 0 Å². The highest BCUT2D eigenvalue weighted by atomic mass is 16.5. The number of hydrogen-bond acceptors (Lipinski definition) is 6. The van der Waals surface area contributed by atoms with Gasteiger partial charge in [0.2, 0.25) is 0 Å². The summed E-state index contributed by atoms with van der Waals surface area (Å²) in [6.07, 6.45) is 1.39. The highest BCUT2D eigenvalue weighted by Crippen LogP contribution is 2.50. The normalized spacial score (nSPS) is 17.5. The zero-order chi connectivity index (χ0) is 36.3. The largest absolute Gasteiger partial charge is 0.372 e. The number of Topliss-reactive ketones (excluding diaryl/α,β-unsaturated/α-hetero) is 3. The number of ether oxygens (including phenoxy) is 1. The van der Waals surface area contributed by atoms with Gasteiger partial charge in [0, 0.05) is 57.7 Å². The van der Waals surface area contributed by atoms with Crippen LogP contribution in [0, 0.1) is 34.0 Å². The van der Waals surface area contributed by atoms with E-state index in [9.17, 15) is 14.4 Å². The lowest BCUT2D eigenvalue weighted by molar-refractivity contribution is -0.189. The van der Waals surface area contributed by atoms with E-state index in [0.717, 1.165) is 6.42 Å². The van der Waals surface area contributed by atoms with Crippen molar-refractivity contribution in [3.05, 3.63) is 0 Å². The van der Waals surface area contributed by atoms with E-state index in [1.54, 1.807) is 0 Å². The topological polar surface area (TPSA) is 75.7 Å². The summed E-state index contributed by atoms with van der Waals surface area (Å²) >= 11 is 0. The Morgan fingerprint density at radius 3 is 1.49 bits per heavy atom. The molecule has 5 atom stereocenters. The molecule has 0 aromatic rings. The van der Waals surface area contributed by atoms with E-state index in [-0.39, 0.29) is 53.3 Å². The Hall–Kier alpha value is -1.11. The van der Waals surface area contributed by atoms with Crippen LogP contribution < -0.4 is 5.32 Å². The van der Waals surface area contributed by atoms with Gasteiger partial charge in [0.15, 0.2) is 5.78 Å². The molecule has 0 spiro atoms. The van der Waals surface area contributed by atoms with Crippen LogP contribution in [-0.4, -0.2) is 63.7 Å². The number of carbonyl (C=O) groups is 3. The van der Waals surface area contributed by atoms with E-state index in [4.69, 9.17) is 4.74 Å². The van der Waals surface area contributed by atoms with Crippen LogP contribution in [0.1, 0.15) is 158 Å². The minimum Gasteiger partial charge on any atom is -0.372 e. The van der Waals surface area contributed by atoms with E-state index in [0.29, 0.717) is 12.5 Å². The van der Waals surface area contributed by atoms with Gasteiger partial charge < -0.3 is 10.1 Å². The second-order valence-corrected chi connectivity index (χ2v) is 18.3. The van der Waals surface area contributed by atoms with Crippen LogP contribution >= 0.6 is 0 Å². The molecule has 0 rings (SSSR count). The first-order valence-corrected chi connectivity index (χ1v) is 17.7. The molecule has 45 heavy (non-hydrogen) atoms. The average molecular weight is 637 g/mol. The molecule has 0 aromatic carbocycles.